The van der Waals surface area contributed by atoms with Crippen LogP contribution in [0.15, 0.2) is 50.3 Å². The summed E-state index contributed by atoms with van der Waals surface area (Å²) < 4.78 is 1.03. The van der Waals surface area contributed by atoms with Gasteiger partial charge in [-0.15, -0.1) is 16.4 Å². The van der Waals surface area contributed by atoms with Crippen LogP contribution in [0.2, 0.25) is 0 Å². The number of hydrogen-bond donors (Lipinski definition) is 1. The molecule has 27 heavy (non-hydrogen) atoms. The number of nitrogens with one attached hydrogen (secondary N) is 1. The molecule has 1 aromatic heterocycles. The van der Waals surface area contributed by atoms with Gasteiger partial charge >= 0.3 is 0 Å². The summed E-state index contributed by atoms with van der Waals surface area (Å²) in [4.78, 5) is 18.9. The van der Waals surface area contributed by atoms with Crippen molar-refractivity contribution >= 4 is 55.8 Å². The second-order valence-electron chi connectivity index (χ2n) is 6.27. The summed E-state index contributed by atoms with van der Waals surface area (Å²) >= 11 is 6.73. The molecule has 0 aliphatic carbocycles. The lowest BCUT2D eigenvalue weighted by Gasteiger charge is -2.33. The fraction of sp³-hybridized carbons (Fsp3) is 0.316. The number of benzene rings is 1. The quantitative estimate of drug-likeness (QED) is 0.690. The Kier molecular flexibility index (Phi) is 5.66. The van der Waals surface area contributed by atoms with E-state index < -0.39 is 0 Å². The van der Waals surface area contributed by atoms with Crippen molar-refractivity contribution in [3.63, 3.8) is 0 Å². The lowest BCUT2D eigenvalue weighted by Crippen LogP contribution is -2.50. The van der Waals surface area contributed by atoms with E-state index in [1.807, 2.05) is 36.4 Å². The average Bonchev–Trinajstić information content (AvgIpc) is 3.10. The maximum atomic E-state index is 12.9. The van der Waals surface area contributed by atoms with Gasteiger partial charge in [0.05, 0.1) is 14.0 Å². The minimum Gasteiger partial charge on any atom is -0.298 e. The topological polar surface area (TPSA) is 57.1 Å². The smallest absolute Gasteiger partial charge is 0.276 e. The number of thiophene rings is 1. The highest BCUT2D eigenvalue weighted by Crippen LogP contribution is 2.35. The molecule has 0 saturated heterocycles. The number of hydrazone groups is 1. The summed E-state index contributed by atoms with van der Waals surface area (Å²) in [6.45, 7) is 2.18. The van der Waals surface area contributed by atoms with Crippen LogP contribution in [0.1, 0.15) is 37.2 Å². The van der Waals surface area contributed by atoms with E-state index in [1.165, 1.54) is 12.8 Å². The van der Waals surface area contributed by atoms with Crippen LogP contribution < -0.4 is 15.9 Å². The number of halogens is 1. The predicted octanol–water partition coefficient (Wildman–Crippen LogP) is 3.58. The molecule has 1 atom stereocenters. The van der Waals surface area contributed by atoms with Crippen molar-refractivity contribution in [2.75, 3.05) is 5.75 Å². The van der Waals surface area contributed by atoms with Crippen molar-refractivity contribution in [3.05, 3.63) is 55.6 Å². The van der Waals surface area contributed by atoms with Gasteiger partial charge in [0.25, 0.3) is 5.91 Å². The minimum absolute atomic E-state index is 0.119. The van der Waals surface area contributed by atoms with Crippen LogP contribution in [0.25, 0.3) is 5.70 Å². The van der Waals surface area contributed by atoms with E-state index >= 15 is 0 Å². The van der Waals surface area contributed by atoms with Crippen LogP contribution in [0, 0.1) is 0 Å². The highest BCUT2D eigenvalue weighted by Gasteiger charge is 2.34. The third kappa shape index (κ3) is 3.83. The van der Waals surface area contributed by atoms with E-state index in [0.29, 0.717) is 10.9 Å². The molecule has 0 fully saturated rings. The van der Waals surface area contributed by atoms with Gasteiger partial charge in [0.2, 0.25) is 0 Å². The number of carbonyl (C=O) groups is 1. The lowest BCUT2D eigenvalue weighted by atomic mass is 10.1. The molecule has 0 bridgehead atoms. The summed E-state index contributed by atoms with van der Waals surface area (Å²) in [6, 6.07) is 11.8. The number of nitrogens with zero attached hydrogens (tertiary/aromatic N) is 3. The van der Waals surface area contributed by atoms with E-state index in [0.717, 1.165) is 31.4 Å². The van der Waals surface area contributed by atoms with E-state index in [-0.39, 0.29) is 12.1 Å². The van der Waals surface area contributed by atoms with Crippen molar-refractivity contribution in [1.29, 1.82) is 0 Å². The summed E-state index contributed by atoms with van der Waals surface area (Å²) in [5.41, 5.74) is 0.563. The maximum Gasteiger partial charge on any atom is 0.276 e. The number of fused-ring (bicyclic) bond motifs is 2. The molecule has 2 aliphatic rings. The molecular formula is C19H19BrN4OS2. The van der Waals surface area contributed by atoms with Crippen LogP contribution >= 0.6 is 39.0 Å². The molecule has 1 amide bonds. The normalized spacial score (nSPS) is 18.4. The van der Waals surface area contributed by atoms with Gasteiger partial charge in [-0.05, 0) is 40.5 Å². The number of rotatable bonds is 5. The molecule has 0 radical (unpaired) electrons. The van der Waals surface area contributed by atoms with Crippen molar-refractivity contribution in [2.24, 2.45) is 10.1 Å². The molecule has 1 aromatic carbocycles. The van der Waals surface area contributed by atoms with Gasteiger partial charge in [0, 0.05) is 11.0 Å². The highest BCUT2D eigenvalue weighted by atomic mass is 79.9. The van der Waals surface area contributed by atoms with Crippen LogP contribution in [-0.2, 0) is 4.79 Å². The van der Waals surface area contributed by atoms with Crippen molar-refractivity contribution in [2.45, 2.75) is 32.4 Å². The van der Waals surface area contributed by atoms with Crippen molar-refractivity contribution in [3.8, 4) is 0 Å². The fourth-order valence-corrected chi connectivity index (χ4v) is 5.37. The highest BCUT2D eigenvalue weighted by molar-refractivity contribution is 9.11. The summed E-state index contributed by atoms with van der Waals surface area (Å²) in [5.74, 6) is 0.824. The van der Waals surface area contributed by atoms with E-state index in [4.69, 9.17) is 10.1 Å². The Bertz CT molecular complexity index is 1020. The van der Waals surface area contributed by atoms with Crippen LogP contribution in [0.4, 0.5) is 0 Å². The molecule has 2 aliphatic heterocycles. The van der Waals surface area contributed by atoms with E-state index in [2.05, 4.69) is 28.2 Å². The molecule has 0 unspecified atom stereocenters. The van der Waals surface area contributed by atoms with Crippen LogP contribution in [0.5, 0.6) is 0 Å². The SMILES string of the molecule is CCCCCSC1=NN2C(=c3ccccc3=N[C@H]2c2ccc(Br)s2)C(=O)N1. The summed E-state index contributed by atoms with van der Waals surface area (Å²) in [5, 5.41) is 11.8. The van der Waals surface area contributed by atoms with Gasteiger partial charge in [-0.2, -0.15) is 0 Å². The Morgan fingerprint density at radius 3 is 2.89 bits per heavy atom. The number of amides is 1. The number of amidine groups is 1. The zero-order chi connectivity index (χ0) is 18.8. The Morgan fingerprint density at radius 2 is 2.11 bits per heavy atom. The maximum absolute atomic E-state index is 12.9. The third-order valence-electron chi connectivity index (χ3n) is 4.35. The van der Waals surface area contributed by atoms with Crippen LogP contribution in [0.3, 0.4) is 0 Å². The molecule has 1 N–H and O–H groups in total. The van der Waals surface area contributed by atoms with Gasteiger partial charge in [-0.25, -0.2) is 5.01 Å². The largest absolute Gasteiger partial charge is 0.298 e. The van der Waals surface area contributed by atoms with Crippen molar-refractivity contribution < 1.29 is 4.79 Å². The Morgan fingerprint density at radius 1 is 1.26 bits per heavy atom. The standard InChI is InChI=1S/C19H19BrN4OS2/c1-2-3-6-11-26-19-22-18(25)16-12-7-4-5-8-13(12)21-17(24(16)23-19)14-9-10-15(20)27-14/h4-5,7-10,17H,2-3,6,11H2,1H3,(H,22,23,25)/t17-/m1/s1. The van der Waals surface area contributed by atoms with E-state index in [9.17, 15) is 4.79 Å². The zero-order valence-electron chi connectivity index (χ0n) is 14.8. The average molecular weight is 463 g/mol. The molecule has 4 rings (SSSR count). The van der Waals surface area contributed by atoms with Gasteiger partial charge in [0.1, 0.15) is 5.70 Å². The predicted molar refractivity (Wildman–Crippen MR) is 115 cm³/mol. The second kappa shape index (κ2) is 8.16. The third-order valence-corrected chi connectivity index (χ3v) is 6.96. The number of carbonyl (C=O) groups excluding carboxylic acids is 1. The van der Waals surface area contributed by atoms with E-state index in [1.54, 1.807) is 28.1 Å². The monoisotopic (exact) mass is 462 g/mol. The first-order valence-corrected chi connectivity index (χ1v) is 11.5. The first kappa shape index (κ1) is 18.7. The summed E-state index contributed by atoms with van der Waals surface area (Å²) in [6.07, 6.45) is 3.14. The Balaban J connectivity index is 1.76. The van der Waals surface area contributed by atoms with Gasteiger partial charge in [0.15, 0.2) is 11.3 Å². The molecular weight excluding hydrogens is 444 g/mol. The molecule has 0 spiro atoms. The lowest BCUT2D eigenvalue weighted by molar-refractivity contribution is -0.116. The fourth-order valence-electron chi connectivity index (χ4n) is 3.07. The zero-order valence-corrected chi connectivity index (χ0v) is 18.0. The molecule has 5 nitrogen and oxygen atoms in total. The van der Waals surface area contributed by atoms with Crippen LogP contribution in [-0.4, -0.2) is 21.8 Å². The van der Waals surface area contributed by atoms with Gasteiger partial charge in [-0.3, -0.25) is 15.1 Å². The molecule has 140 valence electrons. The van der Waals surface area contributed by atoms with Gasteiger partial charge < -0.3 is 0 Å². The Hall–Kier alpha value is -1.64. The Labute approximate surface area is 174 Å². The number of para-hydroxylation sites is 1. The second-order valence-corrected chi connectivity index (χ2v) is 9.85. The number of unbranched alkanes of at least 4 members (excludes halogenated alkanes) is 2. The molecule has 8 heteroatoms. The van der Waals surface area contributed by atoms with Gasteiger partial charge in [-0.1, -0.05) is 49.7 Å². The minimum atomic E-state index is -0.330. The molecule has 2 aromatic rings. The number of hydrogen-bond acceptors (Lipinski definition) is 6. The summed E-state index contributed by atoms with van der Waals surface area (Å²) in [7, 11) is 0. The first-order chi connectivity index (χ1) is 13.2. The van der Waals surface area contributed by atoms with Crippen molar-refractivity contribution in [1.82, 2.24) is 10.3 Å². The first-order valence-electron chi connectivity index (χ1n) is 8.92. The molecule has 3 heterocycles. The number of thioether (sulfide) groups is 1. The molecule has 0 saturated carbocycles.